The van der Waals surface area contributed by atoms with Gasteiger partial charge in [0.1, 0.15) is 5.52 Å². The summed E-state index contributed by atoms with van der Waals surface area (Å²) in [6.07, 6.45) is 3.60. The predicted molar refractivity (Wildman–Crippen MR) is 82.5 cm³/mol. The molecule has 0 bridgehead atoms. The van der Waals surface area contributed by atoms with Crippen molar-refractivity contribution in [3.05, 3.63) is 42.5 Å². The number of aromatic nitrogens is 3. The van der Waals surface area contributed by atoms with Gasteiger partial charge in [0.05, 0.1) is 0 Å². The number of aryl methyl sites for hydroxylation is 1. The number of nitrogens with zero attached hydrogens (tertiary/aromatic N) is 3. The molecule has 0 atom stereocenters. The van der Waals surface area contributed by atoms with Gasteiger partial charge in [0.15, 0.2) is 11.5 Å². The number of benzene rings is 1. The van der Waals surface area contributed by atoms with Crippen molar-refractivity contribution in [1.29, 1.82) is 0 Å². The number of carbonyl (C=O) groups excluding carboxylic acids is 1. The molecule has 0 aliphatic carbocycles. The van der Waals surface area contributed by atoms with Gasteiger partial charge in [-0.05, 0) is 24.3 Å². The molecule has 0 saturated carbocycles. The maximum absolute atomic E-state index is 11.9. The van der Waals surface area contributed by atoms with Gasteiger partial charge in [0, 0.05) is 38.0 Å². The number of hydrogen-bond acceptors (Lipinski definition) is 6. The van der Waals surface area contributed by atoms with Gasteiger partial charge < -0.3 is 15.1 Å². The van der Waals surface area contributed by atoms with E-state index in [1.807, 2.05) is 0 Å². The molecule has 0 unspecified atom stereocenters. The second-order valence-electron chi connectivity index (χ2n) is 4.71. The van der Waals surface area contributed by atoms with Gasteiger partial charge in [-0.1, -0.05) is 0 Å². The second-order valence-corrected chi connectivity index (χ2v) is 4.71. The van der Waals surface area contributed by atoms with E-state index in [1.54, 1.807) is 43.6 Å². The van der Waals surface area contributed by atoms with Gasteiger partial charge in [-0.3, -0.25) is 4.79 Å². The number of carbonyl (C=O) groups is 1. The van der Waals surface area contributed by atoms with E-state index in [1.165, 1.54) is 0 Å². The highest BCUT2D eigenvalue weighted by Crippen LogP contribution is 2.19. The van der Waals surface area contributed by atoms with Crippen LogP contribution in [0.4, 0.5) is 11.6 Å². The Kier molecular flexibility index (Phi) is 3.95. The Bertz CT molecular complexity index is 785. The van der Waals surface area contributed by atoms with Crippen LogP contribution in [0.15, 0.2) is 41.1 Å². The number of rotatable bonds is 5. The lowest BCUT2D eigenvalue weighted by Crippen LogP contribution is -2.16. The van der Waals surface area contributed by atoms with E-state index in [0.717, 1.165) is 5.52 Å². The standard InChI is InChI=1S/C15H15N5O2/c1-10-19-12-9-11(3-4-13(12)22-10)20-14(21)5-8-18-15-16-6-2-7-17-15/h2-4,6-7,9H,5,8H2,1H3,(H,20,21)(H,16,17,18). The van der Waals surface area contributed by atoms with E-state index in [9.17, 15) is 4.79 Å². The lowest BCUT2D eigenvalue weighted by molar-refractivity contribution is -0.115. The van der Waals surface area contributed by atoms with Crippen molar-refractivity contribution in [3.8, 4) is 0 Å². The zero-order chi connectivity index (χ0) is 15.4. The summed E-state index contributed by atoms with van der Waals surface area (Å²) in [4.78, 5) is 24.2. The summed E-state index contributed by atoms with van der Waals surface area (Å²) in [6, 6.07) is 7.11. The van der Waals surface area contributed by atoms with Crippen molar-refractivity contribution < 1.29 is 9.21 Å². The Hall–Kier alpha value is -2.96. The molecule has 0 aliphatic rings. The summed E-state index contributed by atoms with van der Waals surface area (Å²) in [7, 11) is 0. The van der Waals surface area contributed by atoms with Crippen LogP contribution in [0.2, 0.25) is 0 Å². The van der Waals surface area contributed by atoms with Gasteiger partial charge in [0.2, 0.25) is 11.9 Å². The minimum Gasteiger partial charge on any atom is -0.441 e. The van der Waals surface area contributed by atoms with Crippen LogP contribution in [0.25, 0.3) is 11.1 Å². The molecule has 0 radical (unpaired) electrons. The van der Waals surface area contributed by atoms with Gasteiger partial charge in [0.25, 0.3) is 0 Å². The van der Waals surface area contributed by atoms with Crippen molar-refractivity contribution in [2.24, 2.45) is 0 Å². The summed E-state index contributed by atoms with van der Waals surface area (Å²) in [5.74, 6) is 1.02. The monoisotopic (exact) mass is 297 g/mol. The van der Waals surface area contributed by atoms with Crippen molar-refractivity contribution in [2.45, 2.75) is 13.3 Å². The quantitative estimate of drug-likeness (QED) is 0.751. The summed E-state index contributed by atoms with van der Waals surface area (Å²) in [5.41, 5.74) is 2.13. The van der Waals surface area contributed by atoms with Crippen molar-refractivity contribution in [1.82, 2.24) is 15.0 Å². The van der Waals surface area contributed by atoms with Crippen molar-refractivity contribution >= 4 is 28.6 Å². The third-order valence-electron chi connectivity index (χ3n) is 2.98. The maximum Gasteiger partial charge on any atom is 0.226 e. The van der Waals surface area contributed by atoms with E-state index in [4.69, 9.17) is 4.42 Å². The molecule has 3 rings (SSSR count). The van der Waals surface area contributed by atoms with Gasteiger partial charge in [-0.2, -0.15) is 0 Å². The minimum absolute atomic E-state index is 0.0944. The van der Waals surface area contributed by atoms with E-state index < -0.39 is 0 Å². The molecular weight excluding hydrogens is 282 g/mol. The average Bonchev–Trinajstić information content (AvgIpc) is 2.87. The van der Waals surface area contributed by atoms with Gasteiger partial charge in [-0.15, -0.1) is 0 Å². The van der Waals surface area contributed by atoms with E-state index >= 15 is 0 Å². The van der Waals surface area contributed by atoms with Gasteiger partial charge in [-0.25, -0.2) is 15.0 Å². The molecule has 1 amide bonds. The Morgan fingerprint density at radius 1 is 1.27 bits per heavy atom. The average molecular weight is 297 g/mol. The number of amides is 1. The Balaban J connectivity index is 1.54. The highest BCUT2D eigenvalue weighted by molar-refractivity contribution is 5.93. The third-order valence-corrected chi connectivity index (χ3v) is 2.98. The molecule has 0 aliphatic heterocycles. The first kappa shape index (κ1) is 14.0. The topological polar surface area (TPSA) is 92.9 Å². The molecule has 7 nitrogen and oxygen atoms in total. The number of oxazole rings is 1. The van der Waals surface area contributed by atoms with Crippen molar-refractivity contribution in [3.63, 3.8) is 0 Å². The molecular formula is C15H15N5O2. The second kappa shape index (κ2) is 6.21. The van der Waals surface area contributed by atoms with Gasteiger partial charge >= 0.3 is 0 Å². The first-order valence-electron chi connectivity index (χ1n) is 6.89. The fourth-order valence-electron chi connectivity index (χ4n) is 2.02. The van der Waals surface area contributed by atoms with Crippen LogP contribution in [0.3, 0.4) is 0 Å². The van der Waals surface area contributed by atoms with Crippen molar-refractivity contribution in [2.75, 3.05) is 17.2 Å². The molecule has 22 heavy (non-hydrogen) atoms. The zero-order valence-electron chi connectivity index (χ0n) is 12.0. The lowest BCUT2D eigenvalue weighted by atomic mass is 10.2. The van der Waals surface area contributed by atoms with Crippen LogP contribution in [-0.4, -0.2) is 27.4 Å². The van der Waals surface area contributed by atoms with E-state index in [2.05, 4.69) is 25.6 Å². The highest BCUT2D eigenvalue weighted by Gasteiger charge is 2.06. The number of hydrogen-bond donors (Lipinski definition) is 2. The molecule has 0 fully saturated rings. The molecule has 2 heterocycles. The van der Waals surface area contributed by atoms with Crippen LogP contribution >= 0.6 is 0 Å². The van der Waals surface area contributed by atoms with E-state index in [0.29, 0.717) is 36.1 Å². The van der Waals surface area contributed by atoms with Crippen LogP contribution < -0.4 is 10.6 Å². The molecule has 1 aromatic carbocycles. The Morgan fingerprint density at radius 3 is 2.91 bits per heavy atom. The van der Waals surface area contributed by atoms with E-state index in [-0.39, 0.29) is 5.91 Å². The predicted octanol–water partition coefficient (Wildman–Crippen LogP) is 2.37. The summed E-state index contributed by atoms with van der Waals surface area (Å²) in [6.45, 7) is 2.25. The maximum atomic E-state index is 11.9. The first-order valence-corrected chi connectivity index (χ1v) is 6.89. The molecule has 0 spiro atoms. The number of fused-ring (bicyclic) bond motifs is 1. The van der Waals surface area contributed by atoms with Crippen LogP contribution in [0.1, 0.15) is 12.3 Å². The summed E-state index contributed by atoms with van der Waals surface area (Å²) < 4.78 is 5.39. The fraction of sp³-hybridized carbons (Fsp3) is 0.200. The summed E-state index contributed by atoms with van der Waals surface area (Å²) in [5, 5.41) is 5.81. The summed E-state index contributed by atoms with van der Waals surface area (Å²) >= 11 is 0. The fourth-order valence-corrected chi connectivity index (χ4v) is 2.02. The Labute approximate surface area is 126 Å². The molecule has 2 N–H and O–H groups in total. The lowest BCUT2D eigenvalue weighted by Gasteiger charge is -2.06. The molecule has 112 valence electrons. The minimum atomic E-state index is -0.0944. The molecule has 0 saturated heterocycles. The molecule has 7 heteroatoms. The van der Waals surface area contributed by atoms with Crippen LogP contribution in [-0.2, 0) is 4.79 Å². The number of nitrogens with one attached hydrogen (secondary N) is 2. The first-order chi connectivity index (χ1) is 10.7. The normalized spacial score (nSPS) is 10.6. The molecule has 3 aromatic rings. The highest BCUT2D eigenvalue weighted by atomic mass is 16.3. The molecule has 2 aromatic heterocycles. The largest absolute Gasteiger partial charge is 0.441 e. The smallest absolute Gasteiger partial charge is 0.226 e. The number of anilines is 2. The third kappa shape index (κ3) is 3.38. The van der Waals surface area contributed by atoms with Crippen LogP contribution in [0, 0.1) is 6.92 Å². The Morgan fingerprint density at radius 2 is 2.09 bits per heavy atom. The van der Waals surface area contributed by atoms with Crippen LogP contribution in [0.5, 0.6) is 0 Å². The SMILES string of the molecule is Cc1nc2cc(NC(=O)CCNc3ncccn3)ccc2o1. The zero-order valence-corrected chi connectivity index (χ0v) is 12.0.